The predicted molar refractivity (Wildman–Crippen MR) is 54.1 cm³/mol. The maximum atomic E-state index is 10.3. The quantitative estimate of drug-likeness (QED) is 0.697. The normalized spacial score (nSPS) is 28.1. The van der Waals surface area contributed by atoms with Gasteiger partial charge < -0.3 is 15.1 Å². The summed E-state index contributed by atoms with van der Waals surface area (Å²) in [7, 11) is 1.99. The molecule has 1 saturated heterocycles. The van der Waals surface area contributed by atoms with Crippen LogP contribution in [0.15, 0.2) is 24.3 Å². The Morgan fingerprint density at radius 3 is 2.79 bits per heavy atom. The van der Waals surface area contributed by atoms with Crippen molar-refractivity contribution < 1.29 is 10.2 Å². The van der Waals surface area contributed by atoms with Crippen LogP contribution in [0.1, 0.15) is 12.0 Å². The molecule has 1 aliphatic rings. The lowest BCUT2D eigenvalue weighted by Gasteiger charge is -2.22. The third-order valence-corrected chi connectivity index (χ3v) is 2.82. The monoisotopic (exact) mass is 193 g/mol. The van der Waals surface area contributed by atoms with Crippen molar-refractivity contribution in [3.8, 4) is 5.75 Å². The fourth-order valence-electron chi connectivity index (χ4n) is 2.01. The molecule has 0 radical (unpaired) electrons. The Morgan fingerprint density at radius 2 is 2.21 bits per heavy atom. The van der Waals surface area contributed by atoms with E-state index in [4.69, 9.17) is 0 Å². The van der Waals surface area contributed by atoms with Gasteiger partial charge in [-0.3, -0.25) is 0 Å². The minimum atomic E-state index is -0.784. The van der Waals surface area contributed by atoms with Gasteiger partial charge in [0.25, 0.3) is 0 Å². The van der Waals surface area contributed by atoms with E-state index in [1.165, 1.54) is 0 Å². The molecule has 3 heteroatoms. The Morgan fingerprint density at radius 1 is 1.43 bits per heavy atom. The van der Waals surface area contributed by atoms with Crippen LogP contribution in [-0.2, 0) is 5.60 Å². The number of hydrogen-bond donors (Lipinski definition) is 2. The van der Waals surface area contributed by atoms with Crippen LogP contribution in [0.2, 0.25) is 0 Å². The molecule has 1 heterocycles. The summed E-state index contributed by atoms with van der Waals surface area (Å²) in [6.07, 6.45) is 0.729. The highest BCUT2D eigenvalue weighted by atomic mass is 16.3. The number of likely N-dealkylation sites (tertiary alicyclic amines) is 1. The van der Waals surface area contributed by atoms with Crippen molar-refractivity contribution in [3.63, 3.8) is 0 Å². The lowest BCUT2D eigenvalue weighted by molar-refractivity contribution is 0.0487. The summed E-state index contributed by atoms with van der Waals surface area (Å²) in [5, 5.41) is 19.6. The van der Waals surface area contributed by atoms with Crippen LogP contribution in [0, 0.1) is 0 Å². The van der Waals surface area contributed by atoms with Crippen molar-refractivity contribution in [2.75, 3.05) is 20.1 Å². The van der Waals surface area contributed by atoms with Gasteiger partial charge in [0.15, 0.2) is 0 Å². The Bertz CT molecular complexity index is 340. The molecule has 0 bridgehead atoms. The minimum Gasteiger partial charge on any atom is -0.508 e. The van der Waals surface area contributed by atoms with E-state index in [1.54, 1.807) is 18.2 Å². The smallest absolute Gasteiger partial charge is 0.115 e. The molecule has 1 atom stereocenters. The molecule has 2 rings (SSSR count). The zero-order valence-electron chi connectivity index (χ0n) is 8.27. The molecular weight excluding hydrogens is 178 g/mol. The molecule has 1 aromatic carbocycles. The van der Waals surface area contributed by atoms with Crippen molar-refractivity contribution in [2.24, 2.45) is 0 Å². The van der Waals surface area contributed by atoms with Gasteiger partial charge in [0, 0.05) is 13.1 Å². The van der Waals surface area contributed by atoms with E-state index in [0.29, 0.717) is 6.54 Å². The number of nitrogens with zero attached hydrogens (tertiary/aromatic N) is 1. The van der Waals surface area contributed by atoms with Crippen LogP contribution in [-0.4, -0.2) is 35.3 Å². The highest BCUT2D eigenvalue weighted by molar-refractivity contribution is 5.32. The van der Waals surface area contributed by atoms with Crippen LogP contribution in [0.4, 0.5) is 0 Å². The van der Waals surface area contributed by atoms with E-state index in [2.05, 4.69) is 4.90 Å². The first kappa shape index (κ1) is 9.49. The summed E-state index contributed by atoms with van der Waals surface area (Å²) in [6, 6.07) is 6.88. The third-order valence-electron chi connectivity index (χ3n) is 2.82. The minimum absolute atomic E-state index is 0.213. The molecule has 14 heavy (non-hydrogen) atoms. The number of phenols is 1. The highest BCUT2D eigenvalue weighted by Crippen LogP contribution is 2.32. The first-order chi connectivity index (χ1) is 6.60. The van der Waals surface area contributed by atoms with Crippen molar-refractivity contribution in [3.05, 3.63) is 29.8 Å². The van der Waals surface area contributed by atoms with E-state index in [1.807, 2.05) is 13.1 Å². The van der Waals surface area contributed by atoms with Gasteiger partial charge in [0.2, 0.25) is 0 Å². The largest absolute Gasteiger partial charge is 0.508 e. The van der Waals surface area contributed by atoms with Gasteiger partial charge in [0.1, 0.15) is 11.4 Å². The van der Waals surface area contributed by atoms with Gasteiger partial charge in [-0.25, -0.2) is 0 Å². The zero-order chi connectivity index (χ0) is 10.2. The molecule has 1 fully saturated rings. The summed E-state index contributed by atoms with van der Waals surface area (Å²) in [4.78, 5) is 2.09. The van der Waals surface area contributed by atoms with Crippen LogP contribution in [0.25, 0.3) is 0 Å². The van der Waals surface area contributed by atoms with Gasteiger partial charge in [-0.2, -0.15) is 0 Å². The summed E-state index contributed by atoms with van der Waals surface area (Å²) >= 11 is 0. The lowest BCUT2D eigenvalue weighted by atomic mass is 9.93. The van der Waals surface area contributed by atoms with E-state index < -0.39 is 5.60 Å². The molecule has 1 aromatic rings. The molecule has 0 spiro atoms. The Labute approximate surface area is 83.6 Å². The summed E-state index contributed by atoms with van der Waals surface area (Å²) in [6.45, 7) is 1.53. The fourth-order valence-corrected chi connectivity index (χ4v) is 2.01. The van der Waals surface area contributed by atoms with Gasteiger partial charge in [-0.15, -0.1) is 0 Å². The standard InChI is InChI=1S/C11H15NO2/c1-12-6-5-11(14,8-12)9-3-2-4-10(13)7-9/h2-4,7,13-14H,5-6,8H2,1H3. The van der Waals surface area contributed by atoms with Crippen molar-refractivity contribution in [2.45, 2.75) is 12.0 Å². The second kappa shape index (κ2) is 3.26. The summed E-state index contributed by atoms with van der Waals surface area (Å²) in [5.41, 5.74) is 0.0230. The van der Waals surface area contributed by atoms with Crippen LogP contribution < -0.4 is 0 Å². The second-order valence-electron chi connectivity index (χ2n) is 4.07. The Hall–Kier alpha value is -1.06. The predicted octanol–water partition coefficient (Wildman–Crippen LogP) is 0.915. The molecule has 2 N–H and O–H groups in total. The lowest BCUT2D eigenvalue weighted by Crippen LogP contribution is -2.28. The van der Waals surface area contributed by atoms with Crippen molar-refractivity contribution in [1.29, 1.82) is 0 Å². The van der Waals surface area contributed by atoms with Crippen LogP contribution >= 0.6 is 0 Å². The SMILES string of the molecule is CN1CCC(O)(c2cccc(O)c2)C1. The number of likely N-dealkylation sites (N-methyl/N-ethyl adjacent to an activating group) is 1. The number of aliphatic hydroxyl groups is 1. The number of β-amino-alcohol motifs (C(OH)–C–C–N with tert-alkyl or cyclic N) is 1. The third kappa shape index (κ3) is 1.61. The van der Waals surface area contributed by atoms with Crippen LogP contribution in [0.3, 0.4) is 0 Å². The fraction of sp³-hybridized carbons (Fsp3) is 0.455. The number of aromatic hydroxyl groups is 1. The molecular formula is C11H15NO2. The molecule has 0 aliphatic carbocycles. The second-order valence-corrected chi connectivity index (χ2v) is 4.07. The number of benzene rings is 1. The Kier molecular flexibility index (Phi) is 2.21. The molecule has 1 aliphatic heterocycles. The maximum absolute atomic E-state index is 10.3. The van der Waals surface area contributed by atoms with Crippen LogP contribution in [0.5, 0.6) is 5.75 Å². The number of rotatable bonds is 1. The van der Waals surface area contributed by atoms with Gasteiger partial charge in [-0.05, 0) is 31.2 Å². The molecule has 3 nitrogen and oxygen atoms in total. The molecule has 0 amide bonds. The van der Waals surface area contributed by atoms with E-state index in [9.17, 15) is 10.2 Å². The first-order valence-electron chi connectivity index (χ1n) is 4.81. The maximum Gasteiger partial charge on any atom is 0.115 e. The number of hydrogen-bond acceptors (Lipinski definition) is 3. The average Bonchev–Trinajstić information content (AvgIpc) is 2.48. The highest BCUT2D eigenvalue weighted by Gasteiger charge is 2.36. The number of phenolic OH excluding ortho intramolecular Hbond substituents is 1. The van der Waals surface area contributed by atoms with Gasteiger partial charge >= 0.3 is 0 Å². The van der Waals surface area contributed by atoms with Crippen molar-refractivity contribution >= 4 is 0 Å². The molecule has 0 aromatic heterocycles. The van der Waals surface area contributed by atoms with E-state index in [-0.39, 0.29) is 5.75 Å². The molecule has 0 saturated carbocycles. The summed E-state index contributed by atoms with van der Waals surface area (Å²) < 4.78 is 0. The molecule has 76 valence electrons. The molecule has 1 unspecified atom stereocenters. The van der Waals surface area contributed by atoms with E-state index >= 15 is 0 Å². The topological polar surface area (TPSA) is 43.7 Å². The average molecular weight is 193 g/mol. The first-order valence-corrected chi connectivity index (χ1v) is 4.81. The van der Waals surface area contributed by atoms with Crippen molar-refractivity contribution in [1.82, 2.24) is 4.90 Å². The van der Waals surface area contributed by atoms with Gasteiger partial charge in [0.05, 0.1) is 0 Å². The van der Waals surface area contributed by atoms with E-state index in [0.717, 1.165) is 18.5 Å². The van der Waals surface area contributed by atoms with Gasteiger partial charge in [-0.1, -0.05) is 12.1 Å². The Balaban J connectivity index is 2.30. The summed E-state index contributed by atoms with van der Waals surface area (Å²) in [5.74, 6) is 0.213. The zero-order valence-corrected chi connectivity index (χ0v) is 8.27.